The van der Waals surface area contributed by atoms with Gasteiger partial charge in [-0.15, -0.1) is 0 Å². The molecule has 4 fully saturated rings. The fraction of sp³-hybridized carbons (Fsp3) is 0.842. The third-order valence-corrected chi connectivity index (χ3v) is 7.72. The Morgan fingerprint density at radius 2 is 1.85 bits per heavy atom. The lowest BCUT2D eigenvalue weighted by Gasteiger charge is -2.54. The van der Waals surface area contributed by atoms with Crippen molar-refractivity contribution in [3.8, 4) is 0 Å². The molecule has 1 unspecified atom stereocenters. The summed E-state index contributed by atoms with van der Waals surface area (Å²) in [6.45, 7) is 6.89. The average molecular weight is 272 g/mol. The maximum Gasteiger partial charge on any atom is 0.133 e. The van der Waals surface area contributed by atoms with Gasteiger partial charge in [0.25, 0.3) is 0 Å². The first-order chi connectivity index (χ1) is 9.59. The number of allylic oxidation sites excluding steroid dienone is 1. The van der Waals surface area contributed by atoms with E-state index in [2.05, 4.69) is 13.5 Å². The van der Waals surface area contributed by atoms with E-state index in [0.717, 1.165) is 42.4 Å². The van der Waals surface area contributed by atoms with Crippen molar-refractivity contribution in [1.82, 2.24) is 0 Å². The smallest absolute Gasteiger partial charge is 0.133 e. The van der Waals surface area contributed by atoms with Crippen LogP contribution in [0.1, 0.15) is 64.7 Å². The zero-order valence-electron chi connectivity index (χ0n) is 12.9. The number of carbonyl (C=O) groups is 1. The van der Waals surface area contributed by atoms with Crippen LogP contribution in [0.15, 0.2) is 12.2 Å². The summed E-state index contributed by atoms with van der Waals surface area (Å²) in [6.07, 6.45) is 11.2. The van der Waals surface area contributed by atoms with Crippen molar-refractivity contribution in [2.24, 2.45) is 35.0 Å². The number of Topliss-reactive ketones (excluding diaryl/α,β-unsaturated/α-hetero) is 1. The van der Waals surface area contributed by atoms with Gasteiger partial charge in [-0.25, -0.2) is 0 Å². The highest BCUT2D eigenvalue weighted by Gasteiger charge is 2.54. The third-order valence-electron chi connectivity index (χ3n) is 7.72. The maximum atomic E-state index is 11.7. The van der Waals surface area contributed by atoms with Crippen molar-refractivity contribution < 1.29 is 4.79 Å². The highest BCUT2D eigenvalue weighted by molar-refractivity contribution is 5.79. The standard InChI is InChI=1S/C19H28O/c1-12-3-8-18-17-6-4-13-11-14(20)5-7-15(13)16(17)9-10-19(12,18)2/h13,15-18H,1,3-11H2,2H3/t13-,15-,16+,17?,18-,19+/m0/s1. The van der Waals surface area contributed by atoms with Gasteiger partial charge in [-0.1, -0.05) is 19.1 Å². The van der Waals surface area contributed by atoms with E-state index in [9.17, 15) is 4.79 Å². The van der Waals surface area contributed by atoms with Gasteiger partial charge in [0.15, 0.2) is 0 Å². The Bertz CT molecular complexity index is 451. The van der Waals surface area contributed by atoms with Crippen molar-refractivity contribution in [3.63, 3.8) is 0 Å². The predicted octanol–water partition coefficient (Wildman–Crippen LogP) is 4.76. The molecule has 1 nitrogen and oxygen atoms in total. The molecule has 4 saturated carbocycles. The number of hydrogen-bond acceptors (Lipinski definition) is 1. The first-order valence-corrected chi connectivity index (χ1v) is 8.79. The molecule has 0 N–H and O–H groups in total. The minimum absolute atomic E-state index is 0.457. The van der Waals surface area contributed by atoms with Gasteiger partial charge >= 0.3 is 0 Å². The summed E-state index contributed by atoms with van der Waals surface area (Å²) >= 11 is 0. The van der Waals surface area contributed by atoms with E-state index in [1.54, 1.807) is 5.57 Å². The van der Waals surface area contributed by atoms with Gasteiger partial charge in [0.2, 0.25) is 0 Å². The molecule has 0 bridgehead atoms. The molecule has 110 valence electrons. The molecule has 0 amide bonds. The molecular weight excluding hydrogens is 244 g/mol. The average Bonchev–Trinajstić information content (AvgIpc) is 2.74. The van der Waals surface area contributed by atoms with Crippen molar-refractivity contribution in [3.05, 3.63) is 12.2 Å². The van der Waals surface area contributed by atoms with E-state index in [4.69, 9.17) is 0 Å². The van der Waals surface area contributed by atoms with E-state index < -0.39 is 0 Å². The van der Waals surface area contributed by atoms with E-state index in [1.807, 2.05) is 0 Å². The van der Waals surface area contributed by atoms with Crippen molar-refractivity contribution in [2.75, 3.05) is 0 Å². The van der Waals surface area contributed by atoms with E-state index >= 15 is 0 Å². The van der Waals surface area contributed by atoms with Crippen LogP contribution in [0.5, 0.6) is 0 Å². The van der Waals surface area contributed by atoms with Crippen molar-refractivity contribution in [2.45, 2.75) is 64.7 Å². The lowest BCUT2D eigenvalue weighted by molar-refractivity contribution is -0.126. The Morgan fingerprint density at radius 1 is 1.00 bits per heavy atom. The second-order valence-electron chi connectivity index (χ2n) is 8.32. The van der Waals surface area contributed by atoms with Crippen LogP contribution in [0.3, 0.4) is 0 Å². The summed E-state index contributed by atoms with van der Waals surface area (Å²) < 4.78 is 0. The van der Waals surface area contributed by atoms with Gasteiger partial charge in [-0.05, 0) is 80.0 Å². The minimum Gasteiger partial charge on any atom is -0.300 e. The van der Waals surface area contributed by atoms with Gasteiger partial charge < -0.3 is 0 Å². The Morgan fingerprint density at radius 3 is 2.70 bits per heavy atom. The quantitative estimate of drug-likeness (QED) is 0.581. The number of fused-ring (bicyclic) bond motifs is 5. The zero-order chi connectivity index (χ0) is 13.9. The first-order valence-electron chi connectivity index (χ1n) is 8.79. The lowest BCUT2D eigenvalue weighted by atomic mass is 9.50. The van der Waals surface area contributed by atoms with E-state index in [0.29, 0.717) is 11.2 Å². The number of rotatable bonds is 0. The molecule has 4 aliphatic rings. The SMILES string of the molecule is C=C1CC[C@H]2C3CC[C@H]4CC(=O)CC[C@@H]4[C@H]3CC[C@]12C. The van der Waals surface area contributed by atoms with Gasteiger partial charge in [-0.3, -0.25) is 4.79 Å². The molecule has 4 rings (SSSR count). The van der Waals surface area contributed by atoms with Crippen LogP contribution >= 0.6 is 0 Å². The summed E-state index contributed by atoms with van der Waals surface area (Å²) in [5.41, 5.74) is 2.00. The first kappa shape index (κ1) is 13.1. The van der Waals surface area contributed by atoms with Gasteiger partial charge in [0.05, 0.1) is 0 Å². The molecule has 6 atom stereocenters. The van der Waals surface area contributed by atoms with Crippen LogP contribution in [-0.4, -0.2) is 5.78 Å². The van der Waals surface area contributed by atoms with E-state index in [1.165, 1.54) is 44.9 Å². The van der Waals surface area contributed by atoms with Crippen molar-refractivity contribution in [1.29, 1.82) is 0 Å². The molecule has 0 aromatic carbocycles. The van der Waals surface area contributed by atoms with Gasteiger partial charge in [0.1, 0.15) is 5.78 Å². The molecule has 0 aliphatic heterocycles. The van der Waals surface area contributed by atoms with Crippen LogP contribution in [0.4, 0.5) is 0 Å². The maximum absolute atomic E-state index is 11.7. The van der Waals surface area contributed by atoms with Gasteiger partial charge in [-0.2, -0.15) is 0 Å². The number of carbonyl (C=O) groups excluding carboxylic acids is 1. The Hall–Kier alpha value is -0.590. The van der Waals surface area contributed by atoms with Crippen LogP contribution in [-0.2, 0) is 4.79 Å². The minimum atomic E-state index is 0.457. The fourth-order valence-electron chi connectivity index (χ4n) is 6.57. The fourth-order valence-corrected chi connectivity index (χ4v) is 6.57. The second-order valence-corrected chi connectivity index (χ2v) is 8.32. The Labute approximate surface area is 123 Å². The summed E-state index contributed by atoms with van der Waals surface area (Å²) in [5.74, 6) is 4.96. The summed E-state index contributed by atoms with van der Waals surface area (Å²) in [4.78, 5) is 11.7. The summed E-state index contributed by atoms with van der Waals surface area (Å²) in [5, 5.41) is 0. The summed E-state index contributed by atoms with van der Waals surface area (Å²) in [6, 6.07) is 0. The van der Waals surface area contributed by atoms with Crippen LogP contribution < -0.4 is 0 Å². The predicted molar refractivity (Wildman–Crippen MR) is 81.3 cm³/mol. The molecule has 0 radical (unpaired) electrons. The molecule has 0 saturated heterocycles. The molecule has 0 aromatic rings. The number of hydrogen-bond donors (Lipinski definition) is 0. The largest absolute Gasteiger partial charge is 0.300 e. The third kappa shape index (κ3) is 1.71. The highest BCUT2D eigenvalue weighted by atomic mass is 16.1. The molecule has 0 aromatic heterocycles. The molecular formula is C19H28O. The van der Waals surface area contributed by atoms with E-state index in [-0.39, 0.29) is 0 Å². The molecule has 20 heavy (non-hydrogen) atoms. The number of ketones is 1. The topological polar surface area (TPSA) is 17.1 Å². The zero-order valence-corrected chi connectivity index (χ0v) is 12.9. The van der Waals surface area contributed by atoms with Crippen LogP contribution in [0.2, 0.25) is 0 Å². The lowest BCUT2D eigenvalue weighted by Crippen LogP contribution is -2.47. The second kappa shape index (κ2) is 4.45. The monoisotopic (exact) mass is 272 g/mol. The Kier molecular flexibility index (Phi) is 2.91. The normalized spacial score (nSPS) is 51.4. The van der Waals surface area contributed by atoms with Crippen molar-refractivity contribution >= 4 is 5.78 Å². The highest BCUT2D eigenvalue weighted by Crippen LogP contribution is 2.63. The molecule has 0 heterocycles. The summed E-state index contributed by atoms with van der Waals surface area (Å²) in [7, 11) is 0. The molecule has 1 heteroatoms. The molecule has 4 aliphatic carbocycles. The van der Waals surface area contributed by atoms with Crippen LogP contribution in [0, 0.1) is 35.0 Å². The van der Waals surface area contributed by atoms with Gasteiger partial charge in [0, 0.05) is 12.8 Å². The Balaban J connectivity index is 1.59. The van der Waals surface area contributed by atoms with Crippen LogP contribution in [0.25, 0.3) is 0 Å². The molecule has 0 spiro atoms.